The molecule has 1 amide bonds. The number of pyridine rings is 1. The van der Waals surface area contributed by atoms with E-state index in [9.17, 15) is 31.5 Å². The summed E-state index contributed by atoms with van der Waals surface area (Å²) in [4.78, 5) is 31.9. The number of alkyl halides is 5. The van der Waals surface area contributed by atoms with E-state index in [1.165, 1.54) is 11.0 Å². The van der Waals surface area contributed by atoms with E-state index in [0.717, 1.165) is 11.1 Å². The van der Waals surface area contributed by atoms with Crippen LogP contribution in [0.1, 0.15) is 63.6 Å². The smallest absolute Gasteiger partial charge is 0.419 e. The second-order valence-electron chi connectivity index (χ2n) is 11.5. The van der Waals surface area contributed by atoms with Gasteiger partial charge in [0.1, 0.15) is 11.6 Å². The molecule has 0 bridgehead atoms. The Labute approximate surface area is 245 Å². The van der Waals surface area contributed by atoms with E-state index in [-0.39, 0.29) is 48.9 Å². The van der Waals surface area contributed by atoms with E-state index in [4.69, 9.17) is 27.3 Å². The number of piperidine rings is 1. The topological polar surface area (TPSA) is 110 Å². The molecule has 1 saturated carbocycles. The zero-order chi connectivity index (χ0) is 31.0. The molecule has 3 fully saturated rings. The first-order valence-corrected chi connectivity index (χ1v) is 14.1. The molecule has 2 saturated heterocycles. The van der Waals surface area contributed by atoms with Crippen molar-refractivity contribution in [3.8, 4) is 6.07 Å². The van der Waals surface area contributed by atoms with E-state index in [1.54, 1.807) is 18.7 Å². The van der Waals surface area contributed by atoms with Crippen molar-refractivity contribution in [2.45, 2.75) is 82.2 Å². The van der Waals surface area contributed by atoms with Crippen LogP contribution in [0.25, 0.3) is 0 Å². The van der Waals surface area contributed by atoms with Crippen LogP contribution < -0.4 is 4.90 Å². The number of carboxylic acid groups (broad SMARTS) is 1. The third-order valence-electron chi connectivity index (χ3n) is 8.28. The standard InChI is InChI=1S/C27H32F5N5O4S/c1-25(2)23(40)36(18-11-20(27(30,31)32)21(12-33)34-13-18)24(42)37(25)17-3-5-19(6-4-17)41-10-8-16-7-9-35(14-22(38)39)15-26(16,28)29/h11,13,16-17,19H,3-10,14-15H2,1-2H3,(H,38,39)/t16?,17-,19-. The maximum atomic E-state index is 14.6. The number of nitriles is 1. The van der Waals surface area contributed by atoms with Crippen LogP contribution in [0.3, 0.4) is 0 Å². The van der Waals surface area contributed by atoms with Crippen LogP contribution in [0.15, 0.2) is 12.3 Å². The lowest BCUT2D eigenvalue weighted by Gasteiger charge is -2.41. The Bertz CT molecular complexity index is 1260. The van der Waals surface area contributed by atoms with Crippen LogP contribution >= 0.6 is 12.2 Å². The van der Waals surface area contributed by atoms with Crippen molar-refractivity contribution in [2.24, 2.45) is 5.92 Å². The van der Waals surface area contributed by atoms with Gasteiger partial charge in [0.25, 0.3) is 11.8 Å². The highest BCUT2D eigenvalue weighted by Crippen LogP contribution is 2.40. The molecule has 2 aliphatic heterocycles. The highest BCUT2D eigenvalue weighted by molar-refractivity contribution is 7.80. The zero-order valence-electron chi connectivity index (χ0n) is 23.2. The summed E-state index contributed by atoms with van der Waals surface area (Å²) in [6, 6.07) is 1.93. The summed E-state index contributed by atoms with van der Waals surface area (Å²) in [6.07, 6.45) is -1.36. The SMILES string of the molecule is CC1(C)C(=O)N(c2cnc(C#N)c(C(F)(F)F)c2)C(=S)N1[C@H]1CC[C@H](OCCC2CCN(CC(=O)O)CC2(F)F)CC1. The molecule has 4 rings (SSSR count). The lowest BCUT2D eigenvalue weighted by molar-refractivity contribution is -0.146. The van der Waals surface area contributed by atoms with Crippen LogP contribution in [-0.2, 0) is 20.5 Å². The molecule has 42 heavy (non-hydrogen) atoms. The fourth-order valence-corrected chi connectivity index (χ4v) is 6.68. The van der Waals surface area contributed by atoms with Crippen LogP contribution in [0, 0.1) is 17.2 Å². The molecule has 9 nitrogen and oxygen atoms in total. The molecule has 1 N–H and O–H groups in total. The van der Waals surface area contributed by atoms with E-state index in [2.05, 4.69) is 4.98 Å². The first-order chi connectivity index (χ1) is 19.6. The van der Waals surface area contributed by atoms with Crippen molar-refractivity contribution in [3.05, 3.63) is 23.5 Å². The number of ether oxygens (including phenoxy) is 1. The number of hydrogen-bond acceptors (Lipinski definition) is 7. The molecular weight excluding hydrogens is 585 g/mol. The molecule has 230 valence electrons. The highest BCUT2D eigenvalue weighted by atomic mass is 32.1. The summed E-state index contributed by atoms with van der Waals surface area (Å²) in [5, 5.41) is 18.0. The highest BCUT2D eigenvalue weighted by Gasteiger charge is 2.53. The van der Waals surface area contributed by atoms with Crippen LogP contribution in [0.4, 0.5) is 27.6 Å². The lowest BCUT2D eigenvalue weighted by Crippen LogP contribution is -2.51. The molecule has 0 radical (unpaired) electrons. The van der Waals surface area contributed by atoms with Crippen molar-refractivity contribution in [1.82, 2.24) is 14.8 Å². The minimum atomic E-state index is -4.85. The second-order valence-corrected chi connectivity index (χ2v) is 11.9. The van der Waals surface area contributed by atoms with Crippen molar-refractivity contribution in [1.29, 1.82) is 5.26 Å². The van der Waals surface area contributed by atoms with Gasteiger partial charge in [-0.2, -0.15) is 18.4 Å². The number of thiocarbonyl (C=S) groups is 1. The summed E-state index contributed by atoms with van der Waals surface area (Å²) in [6.45, 7) is 2.71. The van der Waals surface area contributed by atoms with Gasteiger partial charge in [0.05, 0.1) is 36.6 Å². The van der Waals surface area contributed by atoms with Gasteiger partial charge >= 0.3 is 12.1 Å². The van der Waals surface area contributed by atoms with Gasteiger partial charge in [0.2, 0.25) is 0 Å². The normalized spacial score (nSPS) is 26.4. The van der Waals surface area contributed by atoms with Gasteiger partial charge < -0.3 is 14.7 Å². The quantitative estimate of drug-likeness (QED) is 0.334. The molecule has 1 aromatic rings. The molecule has 1 unspecified atom stereocenters. The molecule has 1 aromatic heterocycles. The van der Waals surface area contributed by atoms with Crippen molar-refractivity contribution in [2.75, 3.05) is 31.1 Å². The molecule has 1 atom stereocenters. The number of aromatic nitrogens is 1. The Morgan fingerprint density at radius 3 is 2.48 bits per heavy atom. The fraction of sp³-hybridized carbons (Fsp3) is 0.667. The zero-order valence-corrected chi connectivity index (χ0v) is 24.0. The largest absolute Gasteiger partial charge is 0.480 e. The number of carbonyl (C=O) groups is 2. The van der Waals surface area contributed by atoms with Crippen LogP contribution in [-0.4, -0.2) is 86.7 Å². The molecule has 3 heterocycles. The summed E-state index contributed by atoms with van der Waals surface area (Å²) in [5.74, 6) is -5.55. The number of likely N-dealkylation sites (tertiary alicyclic amines) is 1. The van der Waals surface area contributed by atoms with E-state index in [0.29, 0.717) is 31.7 Å². The summed E-state index contributed by atoms with van der Waals surface area (Å²) >= 11 is 5.59. The number of halogens is 5. The molecule has 15 heteroatoms. The Morgan fingerprint density at radius 1 is 1.24 bits per heavy atom. The number of carbonyl (C=O) groups excluding carboxylic acids is 1. The minimum absolute atomic E-state index is 0.0467. The predicted molar refractivity (Wildman–Crippen MR) is 144 cm³/mol. The Morgan fingerprint density at radius 2 is 1.90 bits per heavy atom. The number of anilines is 1. The number of carboxylic acids is 1. The molecule has 0 aromatic carbocycles. The molecule has 1 aliphatic carbocycles. The summed E-state index contributed by atoms with van der Waals surface area (Å²) in [5.41, 5.74) is -3.38. The van der Waals surface area contributed by atoms with Crippen molar-refractivity contribution in [3.63, 3.8) is 0 Å². The molecule has 3 aliphatic rings. The Hall–Kier alpha value is -2.96. The fourth-order valence-electron chi connectivity index (χ4n) is 6.12. The average molecular weight is 618 g/mol. The Balaban J connectivity index is 1.35. The van der Waals surface area contributed by atoms with Gasteiger partial charge in [-0.15, -0.1) is 0 Å². The van der Waals surface area contributed by atoms with Crippen molar-refractivity contribution >= 4 is 34.9 Å². The maximum absolute atomic E-state index is 14.6. The van der Waals surface area contributed by atoms with Gasteiger partial charge in [0.15, 0.2) is 10.8 Å². The number of amides is 1. The summed E-state index contributed by atoms with van der Waals surface area (Å²) < 4.78 is 75.6. The van der Waals surface area contributed by atoms with Gasteiger partial charge in [-0.3, -0.25) is 19.4 Å². The minimum Gasteiger partial charge on any atom is -0.480 e. The number of aliphatic carboxylic acids is 1. The third-order valence-corrected chi connectivity index (χ3v) is 8.66. The van der Waals surface area contributed by atoms with Crippen LogP contribution in [0.2, 0.25) is 0 Å². The molecular formula is C27H32F5N5O4S. The van der Waals surface area contributed by atoms with E-state index >= 15 is 0 Å². The Kier molecular flexibility index (Phi) is 9.11. The maximum Gasteiger partial charge on any atom is 0.419 e. The first-order valence-electron chi connectivity index (χ1n) is 13.6. The van der Waals surface area contributed by atoms with E-state index in [1.807, 2.05) is 0 Å². The molecule has 0 spiro atoms. The third kappa shape index (κ3) is 6.50. The van der Waals surface area contributed by atoms with Gasteiger partial charge in [-0.1, -0.05) is 0 Å². The van der Waals surface area contributed by atoms with E-state index < -0.39 is 59.8 Å². The van der Waals surface area contributed by atoms with Gasteiger partial charge in [-0.25, -0.2) is 13.8 Å². The number of nitrogens with zero attached hydrogens (tertiary/aromatic N) is 5. The van der Waals surface area contributed by atoms with Crippen LogP contribution in [0.5, 0.6) is 0 Å². The van der Waals surface area contributed by atoms with Gasteiger partial charge in [0, 0.05) is 18.6 Å². The summed E-state index contributed by atoms with van der Waals surface area (Å²) in [7, 11) is 0. The van der Waals surface area contributed by atoms with Gasteiger partial charge in [-0.05, 0) is 77.2 Å². The first kappa shape index (κ1) is 32.0. The number of hydrogen-bond donors (Lipinski definition) is 1. The second kappa shape index (κ2) is 12.0. The van der Waals surface area contributed by atoms with Crippen molar-refractivity contribution < 1.29 is 41.4 Å². The predicted octanol–water partition coefficient (Wildman–Crippen LogP) is 4.44. The average Bonchev–Trinajstić information content (AvgIpc) is 3.07. The monoisotopic (exact) mass is 617 g/mol. The number of rotatable bonds is 8. The lowest BCUT2D eigenvalue weighted by atomic mass is 9.88.